The summed E-state index contributed by atoms with van der Waals surface area (Å²) >= 11 is 0. The minimum absolute atomic E-state index is 0. The fourth-order valence-electron chi connectivity index (χ4n) is 4.92. The zero-order valence-electron chi connectivity index (χ0n) is 18.3. The van der Waals surface area contributed by atoms with E-state index in [0.717, 1.165) is 18.1 Å². The number of pyridine rings is 2. The first kappa shape index (κ1) is 21.3. The van der Waals surface area contributed by atoms with Gasteiger partial charge in [-0.3, -0.25) is 0 Å². The van der Waals surface area contributed by atoms with E-state index in [2.05, 4.69) is 105 Å². The van der Waals surface area contributed by atoms with Crippen molar-refractivity contribution >= 4 is 49.5 Å². The average Bonchev–Trinajstić information content (AvgIpc) is 3.43. The molecular formula is C25H20B2N6Pt. The van der Waals surface area contributed by atoms with Crippen LogP contribution in [-0.4, -0.2) is 37.2 Å². The standard InChI is InChI=1S/C25H20B2N6.Pt/c1-3-11-20-18(9-1)30(26-32(20)24-13-5-7-15-28-24)22-17-23(22)31-19-10-2-4-12-21(19)33(27-31)25-14-6-8-16-29-25;/h1-16,22-23H,17H2;. The van der Waals surface area contributed by atoms with Crippen molar-refractivity contribution in [2.24, 2.45) is 0 Å². The van der Waals surface area contributed by atoms with Crippen molar-refractivity contribution in [2.75, 3.05) is 19.2 Å². The van der Waals surface area contributed by atoms with Crippen LogP contribution in [0.25, 0.3) is 0 Å². The SMILES string of the molecule is [B]1N(c2ccccn2)c2ccccc2N1C1CC1N1[B]N(c2ccccn2)c2ccccc21.[Pt]. The molecule has 2 aromatic carbocycles. The molecule has 2 unspecified atom stereocenters. The Labute approximate surface area is 215 Å². The molecule has 3 aliphatic rings. The number of benzene rings is 2. The number of aromatic nitrogens is 2. The van der Waals surface area contributed by atoms with Gasteiger partial charge in [0.2, 0.25) is 0 Å². The molecule has 1 aliphatic carbocycles. The molecule has 1 saturated carbocycles. The molecule has 6 nitrogen and oxygen atoms in total. The van der Waals surface area contributed by atoms with E-state index in [-0.39, 0.29) is 21.1 Å². The third-order valence-corrected chi connectivity index (χ3v) is 6.55. The van der Waals surface area contributed by atoms with Gasteiger partial charge in [-0.25, -0.2) is 9.97 Å². The van der Waals surface area contributed by atoms with Crippen LogP contribution in [0.2, 0.25) is 0 Å². The third kappa shape index (κ3) is 3.40. The third-order valence-electron chi connectivity index (χ3n) is 6.55. The van der Waals surface area contributed by atoms with Gasteiger partial charge in [-0.2, -0.15) is 0 Å². The summed E-state index contributed by atoms with van der Waals surface area (Å²) in [5.74, 6) is 1.87. The van der Waals surface area contributed by atoms with Gasteiger partial charge < -0.3 is 19.2 Å². The summed E-state index contributed by atoms with van der Waals surface area (Å²) in [4.78, 5) is 18.4. The molecule has 0 N–H and O–H groups in total. The molecule has 2 aliphatic heterocycles. The summed E-state index contributed by atoms with van der Waals surface area (Å²) in [6, 6.07) is 30.0. The van der Waals surface area contributed by atoms with Gasteiger partial charge in [0.05, 0.1) is 11.4 Å². The van der Waals surface area contributed by atoms with Crippen molar-refractivity contribution in [3.63, 3.8) is 0 Å². The second-order valence-electron chi connectivity index (χ2n) is 8.51. The molecule has 4 heterocycles. The molecule has 2 radical (unpaired) electrons. The number of para-hydroxylation sites is 4. The van der Waals surface area contributed by atoms with E-state index in [9.17, 15) is 0 Å². The predicted molar refractivity (Wildman–Crippen MR) is 134 cm³/mol. The molecule has 4 aromatic rings. The first-order valence-corrected chi connectivity index (χ1v) is 11.2. The molecule has 9 heteroatoms. The van der Waals surface area contributed by atoms with E-state index in [1.807, 2.05) is 36.7 Å². The Morgan fingerprint density at radius 3 is 1.38 bits per heavy atom. The number of hydrogen-bond donors (Lipinski definition) is 0. The summed E-state index contributed by atoms with van der Waals surface area (Å²) in [7, 11) is 4.41. The van der Waals surface area contributed by atoms with Crippen LogP contribution in [0.5, 0.6) is 0 Å². The van der Waals surface area contributed by atoms with Gasteiger partial charge in [0, 0.05) is 56.9 Å². The second-order valence-corrected chi connectivity index (χ2v) is 8.51. The minimum Gasteiger partial charge on any atom is -0.392 e. The minimum atomic E-state index is 0. The Kier molecular flexibility index (Phi) is 5.34. The quantitative estimate of drug-likeness (QED) is 0.317. The van der Waals surface area contributed by atoms with Crippen molar-refractivity contribution in [1.82, 2.24) is 9.97 Å². The normalized spacial score (nSPS) is 19.6. The maximum atomic E-state index is 4.58. The molecule has 2 aromatic heterocycles. The topological polar surface area (TPSA) is 38.7 Å². The van der Waals surface area contributed by atoms with E-state index in [4.69, 9.17) is 0 Å². The van der Waals surface area contributed by atoms with Crippen LogP contribution in [0.4, 0.5) is 34.4 Å². The Hall–Kier alpha value is -3.24. The summed E-state index contributed by atoms with van der Waals surface area (Å²) < 4.78 is 0. The van der Waals surface area contributed by atoms with Gasteiger partial charge in [-0.15, -0.1) is 0 Å². The second kappa shape index (κ2) is 8.52. The van der Waals surface area contributed by atoms with E-state index in [1.54, 1.807) is 0 Å². The molecular weight excluding hydrogens is 601 g/mol. The largest absolute Gasteiger partial charge is 0.398 e. The van der Waals surface area contributed by atoms with Crippen molar-refractivity contribution in [2.45, 2.75) is 18.5 Å². The molecule has 1 fully saturated rings. The van der Waals surface area contributed by atoms with Crippen LogP contribution >= 0.6 is 0 Å². The van der Waals surface area contributed by atoms with Gasteiger partial charge in [0.15, 0.2) is 0 Å². The molecule has 166 valence electrons. The van der Waals surface area contributed by atoms with Gasteiger partial charge in [-0.05, 0) is 55.0 Å². The Morgan fingerprint density at radius 2 is 0.971 bits per heavy atom. The summed E-state index contributed by atoms with van der Waals surface area (Å²) in [5.41, 5.74) is 4.79. The molecule has 0 saturated heterocycles. The number of anilines is 6. The predicted octanol–water partition coefficient (Wildman–Crippen LogP) is 4.30. The van der Waals surface area contributed by atoms with E-state index in [1.165, 1.54) is 22.7 Å². The molecule has 7 rings (SSSR count). The van der Waals surface area contributed by atoms with Crippen LogP contribution in [0, 0.1) is 0 Å². The van der Waals surface area contributed by atoms with E-state index in [0.29, 0.717) is 12.1 Å². The van der Waals surface area contributed by atoms with Crippen LogP contribution in [0.1, 0.15) is 6.42 Å². The Bertz CT molecular complexity index is 1210. The van der Waals surface area contributed by atoms with Crippen molar-refractivity contribution in [3.8, 4) is 0 Å². The molecule has 0 amide bonds. The first-order chi connectivity index (χ1) is 16.4. The number of nitrogens with zero attached hydrogens (tertiary/aromatic N) is 6. The van der Waals surface area contributed by atoms with Gasteiger partial charge in [0.1, 0.15) is 11.6 Å². The van der Waals surface area contributed by atoms with Crippen LogP contribution in [0.3, 0.4) is 0 Å². The zero-order chi connectivity index (χ0) is 21.8. The summed E-state index contributed by atoms with van der Waals surface area (Å²) in [6.45, 7) is 0. The number of rotatable bonds is 4. The number of hydrogen-bond acceptors (Lipinski definition) is 6. The van der Waals surface area contributed by atoms with Crippen LogP contribution < -0.4 is 19.2 Å². The fraction of sp³-hybridized carbons (Fsp3) is 0.120. The van der Waals surface area contributed by atoms with Gasteiger partial charge in [-0.1, -0.05) is 36.4 Å². The van der Waals surface area contributed by atoms with Crippen LogP contribution in [-0.2, 0) is 21.1 Å². The molecule has 0 bridgehead atoms. The van der Waals surface area contributed by atoms with Crippen molar-refractivity contribution < 1.29 is 21.1 Å². The Morgan fingerprint density at radius 1 is 0.559 bits per heavy atom. The maximum Gasteiger partial charge on any atom is 0.398 e. The zero-order valence-corrected chi connectivity index (χ0v) is 20.5. The fourth-order valence-corrected chi connectivity index (χ4v) is 4.92. The van der Waals surface area contributed by atoms with Crippen molar-refractivity contribution in [1.29, 1.82) is 0 Å². The van der Waals surface area contributed by atoms with E-state index >= 15 is 0 Å². The molecule has 0 spiro atoms. The summed E-state index contributed by atoms with van der Waals surface area (Å²) in [6.07, 6.45) is 4.77. The number of fused-ring (bicyclic) bond motifs is 2. The smallest absolute Gasteiger partial charge is 0.392 e. The average molecular weight is 621 g/mol. The monoisotopic (exact) mass is 621 g/mol. The molecule has 2 atom stereocenters. The van der Waals surface area contributed by atoms with E-state index < -0.39 is 0 Å². The Balaban J connectivity index is 0.00000217. The maximum absolute atomic E-state index is 4.58. The van der Waals surface area contributed by atoms with Gasteiger partial charge in [0.25, 0.3) is 0 Å². The first-order valence-electron chi connectivity index (χ1n) is 11.2. The molecule has 34 heavy (non-hydrogen) atoms. The summed E-state index contributed by atoms with van der Waals surface area (Å²) in [5, 5.41) is 0. The van der Waals surface area contributed by atoms with Crippen molar-refractivity contribution in [3.05, 3.63) is 97.3 Å². The van der Waals surface area contributed by atoms with Crippen LogP contribution in [0.15, 0.2) is 97.3 Å². The van der Waals surface area contributed by atoms with Gasteiger partial charge >= 0.3 is 15.1 Å².